The van der Waals surface area contributed by atoms with Crippen LogP contribution in [0.1, 0.15) is 53.4 Å². The van der Waals surface area contributed by atoms with E-state index in [4.69, 9.17) is 0 Å². The van der Waals surface area contributed by atoms with Crippen LogP contribution in [-0.2, 0) is 19.2 Å². The molecule has 0 aliphatic rings. The summed E-state index contributed by atoms with van der Waals surface area (Å²) in [5.74, 6) is 0.336. The lowest BCUT2D eigenvalue weighted by atomic mass is 9.73. The molecule has 27 heavy (non-hydrogen) atoms. The lowest BCUT2D eigenvalue weighted by Crippen LogP contribution is -2.39. The Labute approximate surface area is 160 Å². The van der Waals surface area contributed by atoms with E-state index in [1.54, 1.807) is 12.2 Å². The molecule has 0 spiro atoms. The number of hydrogen-bond acceptors (Lipinski definition) is 8. The van der Waals surface area contributed by atoms with E-state index in [1.165, 1.54) is 12.2 Å². The minimum absolute atomic E-state index is 0.111. The molecule has 8 nitrogen and oxygen atoms in total. The van der Waals surface area contributed by atoms with Crippen LogP contribution < -0.4 is 0 Å². The number of nitrogens with zero attached hydrogens (tertiary/aromatic N) is 4. The van der Waals surface area contributed by atoms with Crippen LogP contribution in [0.15, 0.2) is 20.0 Å². The summed E-state index contributed by atoms with van der Waals surface area (Å²) in [6.07, 6.45) is 8.79. The zero-order valence-electron chi connectivity index (χ0n) is 16.5. The van der Waals surface area contributed by atoms with Gasteiger partial charge in [0.2, 0.25) is 24.3 Å². The van der Waals surface area contributed by atoms with Gasteiger partial charge in [-0.25, -0.2) is 34.2 Å². The van der Waals surface area contributed by atoms with Gasteiger partial charge in [0.1, 0.15) is 0 Å². The molecule has 4 atom stereocenters. The number of carbonyl (C=O) groups excluding carboxylic acids is 4. The van der Waals surface area contributed by atoms with Crippen molar-refractivity contribution in [2.45, 2.75) is 65.5 Å². The minimum Gasteiger partial charge on any atom is -0.211 e. The van der Waals surface area contributed by atoms with Crippen molar-refractivity contribution in [3.8, 4) is 0 Å². The van der Waals surface area contributed by atoms with Gasteiger partial charge in [-0.15, -0.1) is 0 Å². The topological polar surface area (TPSA) is 118 Å². The van der Waals surface area contributed by atoms with Crippen LogP contribution >= 0.6 is 0 Å². The first kappa shape index (κ1) is 24.5. The van der Waals surface area contributed by atoms with Crippen molar-refractivity contribution in [2.24, 2.45) is 37.2 Å². The summed E-state index contributed by atoms with van der Waals surface area (Å²) in [5, 5.41) is 0. The lowest BCUT2D eigenvalue weighted by Gasteiger charge is -2.36. The maximum absolute atomic E-state index is 11.0. The lowest BCUT2D eigenvalue weighted by molar-refractivity contribution is 0.191. The molecule has 8 heteroatoms. The van der Waals surface area contributed by atoms with E-state index in [-0.39, 0.29) is 11.8 Å². The standard InChI is InChI=1S/C19H28N4O4/c1-15(7-8-20-11-24)9-19(3,4)18(23-14-27)17(22-13-26)6-5-16(2)10-21-12-25/h15-18H,5-10H2,1-4H3. The van der Waals surface area contributed by atoms with Gasteiger partial charge < -0.3 is 0 Å². The Hall–Kier alpha value is -2.48. The van der Waals surface area contributed by atoms with Gasteiger partial charge in [-0.3, -0.25) is 0 Å². The third kappa shape index (κ3) is 10.3. The summed E-state index contributed by atoms with van der Waals surface area (Å²) in [6.45, 7) is 8.63. The summed E-state index contributed by atoms with van der Waals surface area (Å²) in [7, 11) is 0. The fraction of sp³-hybridized carbons (Fsp3) is 0.789. The van der Waals surface area contributed by atoms with Gasteiger partial charge >= 0.3 is 0 Å². The third-order valence-electron chi connectivity index (χ3n) is 4.67. The zero-order chi connectivity index (χ0) is 20.7. The molecule has 0 fully saturated rings. The molecular weight excluding hydrogens is 348 g/mol. The first-order valence-electron chi connectivity index (χ1n) is 9.03. The van der Waals surface area contributed by atoms with E-state index < -0.39 is 17.5 Å². The van der Waals surface area contributed by atoms with Crippen molar-refractivity contribution < 1.29 is 19.2 Å². The maximum atomic E-state index is 11.0. The highest BCUT2D eigenvalue weighted by atomic mass is 16.1. The predicted octanol–water partition coefficient (Wildman–Crippen LogP) is 2.93. The Bertz CT molecular complexity index is 638. The molecular formula is C19H28N4O4. The predicted molar refractivity (Wildman–Crippen MR) is 100 cm³/mol. The number of hydrogen-bond donors (Lipinski definition) is 0. The van der Waals surface area contributed by atoms with Crippen LogP contribution in [0.3, 0.4) is 0 Å². The summed E-state index contributed by atoms with van der Waals surface area (Å²) in [4.78, 5) is 57.3. The molecule has 0 saturated heterocycles. The third-order valence-corrected chi connectivity index (χ3v) is 4.67. The molecule has 4 unspecified atom stereocenters. The molecule has 0 amide bonds. The van der Waals surface area contributed by atoms with Crippen molar-refractivity contribution in [1.82, 2.24) is 0 Å². The van der Waals surface area contributed by atoms with Crippen molar-refractivity contribution in [3.05, 3.63) is 0 Å². The molecule has 0 aliphatic heterocycles. The van der Waals surface area contributed by atoms with Crippen LogP contribution in [0, 0.1) is 17.3 Å². The van der Waals surface area contributed by atoms with E-state index in [0.29, 0.717) is 38.8 Å². The second-order valence-corrected chi connectivity index (χ2v) is 7.63. The minimum atomic E-state index is -0.532. The first-order valence-corrected chi connectivity index (χ1v) is 9.03. The van der Waals surface area contributed by atoms with Gasteiger partial charge in [0, 0.05) is 0 Å². The normalized spacial score (nSPS) is 15.0. The summed E-state index contributed by atoms with van der Waals surface area (Å²) in [6, 6.07) is -1.04. The van der Waals surface area contributed by atoms with Crippen LogP contribution in [0.4, 0.5) is 0 Å². The van der Waals surface area contributed by atoms with E-state index in [9.17, 15) is 19.2 Å². The molecule has 0 aliphatic carbocycles. The Morgan fingerprint density at radius 1 is 0.778 bits per heavy atom. The summed E-state index contributed by atoms with van der Waals surface area (Å²) in [5.41, 5.74) is -0.434. The molecule has 0 radical (unpaired) electrons. The quantitative estimate of drug-likeness (QED) is 0.342. The molecule has 0 aromatic heterocycles. The van der Waals surface area contributed by atoms with Gasteiger partial charge in [-0.05, 0) is 42.9 Å². The Balaban J connectivity index is 5.25. The average molecular weight is 376 g/mol. The number of aliphatic imine (C=N–C) groups is 4. The largest absolute Gasteiger partial charge is 0.235 e. The van der Waals surface area contributed by atoms with Gasteiger partial charge in [0.25, 0.3) is 0 Å². The molecule has 0 rings (SSSR count). The molecule has 0 heterocycles. The maximum Gasteiger partial charge on any atom is 0.235 e. The first-order chi connectivity index (χ1) is 12.8. The van der Waals surface area contributed by atoms with E-state index in [2.05, 4.69) is 20.0 Å². The van der Waals surface area contributed by atoms with Crippen LogP contribution in [0.25, 0.3) is 0 Å². The smallest absolute Gasteiger partial charge is 0.211 e. The van der Waals surface area contributed by atoms with Gasteiger partial charge in [0.05, 0.1) is 25.2 Å². The van der Waals surface area contributed by atoms with E-state index in [1.807, 2.05) is 27.7 Å². The Morgan fingerprint density at radius 2 is 1.41 bits per heavy atom. The van der Waals surface area contributed by atoms with Crippen LogP contribution in [0.2, 0.25) is 0 Å². The Morgan fingerprint density at radius 3 is 1.96 bits per heavy atom. The monoisotopic (exact) mass is 376 g/mol. The molecule has 0 N–H and O–H groups in total. The molecule has 148 valence electrons. The van der Waals surface area contributed by atoms with Crippen molar-refractivity contribution in [2.75, 3.05) is 13.1 Å². The van der Waals surface area contributed by atoms with E-state index in [0.717, 1.165) is 0 Å². The van der Waals surface area contributed by atoms with Crippen LogP contribution in [0.5, 0.6) is 0 Å². The van der Waals surface area contributed by atoms with Crippen molar-refractivity contribution in [3.63, 3.8) is 0 Å². The summed E-state index contributed by atoms with van der Waals surface area (Å²) >= 11 is 0. The molecule has 0 saturated carbocycles. The fourth-order valence-corrected chi connectivity index (χ4v) is 3.39. The van der Waals surface area contributed by atoms with Crippen molar-refractivity contribution >= 4 is 24.3 Å². The SMILES string of the molecule is CC(CCC(N=C=O)C(N=C=O)C(C)(C)CC(C)CCN=C=O)CN=C=O. The van der Waals surface area contributed by atoms with Gasteiger partial charge in [-0.1, -0.05) is 27.7 Å². The van der Waals surface area contributed by atoms with Gasteiger partial charge in [0.15, 0.2) is 0 Å². The second-order valence-electron chi connectivity index (χ2n) is 7.63. The molecule has 0 aromatic rings. The van der Waals surface area contributed by atoms with E-state index >= 15 is 0 Å². The Kier molecular flexibility index (Phi) is 12.4. The highest BCUT2D eigenvalue weighted by Crippen LogP contribution is 2.36. The fourth-order valence-electron chi connectivity index (χ4n) is 3.39. The molecule has 0 bridgehead atoms. The molecule has 0 aromatic carbocycles. The zero-order valence-corrected chi connectivity index (χ0v) is 16.5. The average Bonchev–Trinajstić information content (AvgIpc) is 2.61. The number of isocyanates is 4. The van der Waals surface area contributed by atoms with Crippen molar-refractivity contribution in [1.29, 1.82) is 0 Å². The number of rotatable bonds is 14. The summed E-state index contributed by atoms with van der Waals surface area (Å²) < 4.78 is 0. The second kappa shape index (κ2) is 13.7. The van der Waals surface area contributed by atoms with Crippen LogP contribution in [-0.4, -0.2) is 49.5 Å². The van der Waals surface area contributed by atoms with Gasteiger partial charge in [-0.2, -0.15) is 4.99 Å². The highest BCUT2D eigenvalue weighted by molar-refractivity contribution is 5.36. The highest BCUT2D eigenvalue weighted by Gasteiger charge is 2.37.